The molecule has 0 saturated carbocycles. The van der Waals surface area contributed by atoms with Crippen LogP contribution in [0.3, 0.4) is 0 Å². The number of amides is 1. The number of carbonyl (C=O) groups is 1. The molecule has 4 rings (SSSR count). The van der Waals surface area contributed by atoms with Crippen LogP contribution in [0.15, 0.2) is 23.8 Å². The Morgan fingerprint density at radius 3 is 2.96 bits per heavy atom. The molecular formula is C16H19N7OS. The molecule has 1 amide bonds. The van der Waals surface area contributed by atoms with Crippen LogP contribution in [0, 0.1) is 6.92 Å². The van der Waals surface area contributed by atoms with Crippen LogP contribution in [0.1, 0.15) is 22.6 Å². The lowest BCUT2D eigenvalue weighted by molar-refractivity contribution is 0.0759. The highest BCUT2D eigenvalue weighted by molar-refractivity contribution is 7.15. The van der Waals surface area contributed by atoms with Gasteiger partial charge in [0.05, 0.1) is 5.69 Å². The maximum absolute atomic E-state index is 13.0. The summed E-state index contributed by atoms with van der Waals surface area (Å²) >= 11 is 1.54. The van der Waals surface area contributed by atoms with E-state index >= 15 is 0 Å². The summed E-state index contributed by atoms with van der Waals surface area (Å²) in [6, 6.07) is 1.85. The van der Waals surface area contributed by atoms with Crippen LogP contribution in [-0.2, 0) is 0 Å². The smallest absolute Gasteiger partial charge is 0.272 e. The fraction of sp³-hybridized carbons (Fsp3) is 0.375. The second kappa shape index (κ2) is 6.32. The third-order valence-corrected chi connectivity index (χ3v) is 5.16. The summed E-state index contributed by atoms with van der Waals surface area (Å²) in [5.41, 5.74) is 7.12. The molecule has 9 heteroatoms. The fourth-order valence-electron chi connectivity index (χ4n) is 3.19. The standard InChI is InChI=1S/C16H19N7OS/c1-11-13(23-9-10-25-16(23)19-11)14(24)22-6-2-5-21(7-8-22)12-3-4-18-15(17)20-12/h3-4,9-10H,2,5-8H2,1H3,(H2,17,18,20). The maximum Gasteiger partial charge on any atom is 0.272 e. The molecule has 8 nitrogen and oxygen atoms in total. The average Bonchev–Trinajstić information content (AvgIpc) is 3.04. The van der Waals surface area contributed by atoms with E-state index in [-0.39, 0.29) is 11.9 Å². The number of carbonyl (C=O) groups excluding carboxylic acids is 1. The minimum Gasteiger partial charge on any atom is -0.368 e. The number of nitrogen functional groups attached to an aromatic ring is 1. The van der Waals surface area contributed by atoms with Crippen molar-refractivity contribution in [1.82, 2.24) is 24.3 Å². The van der Waals surface area contributed by atoms with Crippen molar-refractivity contribution in [1.29, 1.82) is 0 Å². The molecule has 3 aromatic heterocycles. The fourth-order valence-corrected chi connectivity index (χ4v) is 3.95. The number of aromatic nitrogens is 4. The van der Waals surface area contributed by atoms with E-state index in [0.717, 1.165) is 29.4 Å². The van der Waals surface area contributed by atoms with Gasteiger partial charge in [-0.2, -0.15) is 4.98 Å². The Hall–Kier alpha value is -2.68. The molecule has 1 saturated heterocycles. The average molecular weight is 357 g/mol. The van der Waals surface area contributed by atoms with Gasteiger partial charge in [0.2, 0.25) is 5.95 Å². The monoisotopic (exact) mass is 357 g/mol. The SMILES string of the molecule is Cc1nc2sccn2c1C(=O)N1CCCN(c2ccnc(N)n2)CC1. The van der Waals surface area contributed by atoms with Crippen molar-refractivity contribution in [2.75, 3.05) is 36.8 Å². The molecule has 0 bridgehead atoms. The van der Waals surface area contributed by atoms with Crippen LogP contribution in [0.2, 0.25) is 0 Å². The molecule has 1 fully saturated rings. The Bertz CT molecular complexity index is 918. The van der Waals surface area contributed by atoms with Crippen molar-refractivity contribution in [2.24, 2.45) is 0 Å². The number of hydrogen-bond donors (Lipinski definition) is 1. The number of fused-ring (bicyclic) bond motifs is 1. The largest absolute Gasteiger partial charge is 0.368 e. The normalized spacial score (nSPS) is 15.6. The van der Waals surface area contributed by atoms with Gasteiger partial charge in [-0.1, -0.05) is 0 Å². The first-order chi connectivity index (χ1) is 12.1. The molecule has 0 unspecified atom stereocenters. The number of anilines is 2. The number of thiazole rings is 1. The summed E-state index contributed by atoms with van der Waals surface area (Å²) < 4.78 is 1.89. The molecule has 4 heterocycles. The van der Waals surface area contributed by atoms with Crippen molar-refractivity contribution in [2.45, 2.75) is 13.3 Å². The topological polar surface area (TPSA) is 92.7 Å². The molecular weight excluding hydrogens is 338 g/mol. The Kier molecular flexibility index (Phi) is 4.00. The van der Waals surface area contributed by atoms with Gasteiger partial charge >= 0.3 is 0 Å². The number of nitrogens with two attached hydrogens (primary N) is 1. The van der Waals surface area contributed by atoms with Gasteiger partial charge in [0, 0.05) is 44.0 Å². The molecule has 0 aromatic carbocycles. The van der Waals surface area contributed by atoms with E-state index in [1.54, 1.807) is 6.20 Å². The summed E-state index contributed by atoms with van der Waals surface area (Å²) in [6.45, 7) is 4.79. The number of imidazole rings is 1. The van der Waals surface area contributed by atoms with Gasteiger partial charge in [0.25, 0.3) is 5.91 Å². The minimum atomic E-state index is 0.0347. The first-order valence-corrected chi connectivity index (χ1v) is 9.06. The van der Waals surface area contributed by atoms with E-state index < -0.39 is 0 Å². The highest BCUT2D eigenvalue weighted by Crippen LogP contribution is 2.20. The predicted molar refractivity (Wildman–Crippen MR) is 97.0 cm³/mol. The minimum absolute atomic E-state index is 0.0347. The first kappa shape index (κ1) is 15.8. The number of hydrogen-bond acceptors (Lipinski definition) is 7. The van der Waals surface area contributed by atoms with Crippen molar-refractivity contribution >= 4 is 34.0 Å². The molecule has 2 N–H and O–H groups in total. The zero-order valence-corrected chi connectivity index (χ0v) is 14.7. The van der Waals surface area contributed by atoms with Gasteiger partial charge in [-0.25, -0.2) is 9.97 Å². The van der Waals surface area contributed by atoms with E-state index in [0.29, 0.717) is 25.3 Å². The third-order valence-electron chi connectivity index (χ3n) is 4.41. The van der Waals surface area contributed by atoms with E-state index in [4.69, 9.17) is 5.73 Å². The first-order valence-electron chi connectivity index (χ1n) is 8.18. The van der Waals surface area contributed by atoms with Crippen molar-refractivity contribution in [3.05, 3.63) is 35.2 Å². The van der Waals surface area contributed by atoms with Gasteiger partial charge in [0.1, 0.15) is 11.5 Å². The lowest BCUT2D eigenvalue weighted by Gasteiger charge is -2.22. The zero-order valence-electron chi connectivity index (χ0n) is 13.9. The Morgan fingerprint density at radius 1 is 1.24 bits per heavy atom. The molecule has 0 atom stereocenters. The second-order valence-electron chi connectivity index (χ2n) is 6.01. The van der Waals surface area contributed by atoms with Gasteiger partial charge in [-0.15, -0.1) is 11.3 Å². The molecule has 0 spiro atoms. The summed E-state index contributed by atoms with van der Waals surface area (Å²) in [6.07, 6.45) is 4.44. The van der Waals surface area contributed by atoms with Crippen LogP contribution in [-0.4, -0.2) is 56.3 Å². The Morgan fingerprint density at radius 2 is 2.12 bits per heavy atom. The van der Waals surface area contributed by atoms with E-state index in [1.165, 1.54) is 11.3 Å². The van der Waals surface area contributed by atoms with E-state index in [2.05, 4.69) is 19.9 Å². The van der Waals surface area contributed by atoms with Crippen molar-refractivity contribution in [3.63, 3.8) is 0 Å². The van der Waals surface area contributed by atoms with E-state index in [1.807, 2.05) is 33.9 Å². The number of aryl methyl sites for hydroxylation is 1. The van der Waals surface area contributed by atoms with Gasteiger partial charge < -0.3 is 15.5 Å². The summed E-state index contributed by atoms with van der Waals surface area (Å²) in [5.74, 6) is 1.11. The van der Waals surface area contributed by atoms with Crippen LogP contribution in [0.25, 0.3) is 4.96 Å². The molecule has 3 aromatic rings. The molecule has 1 aliphatic heterocycles. The van der Waals surface area contributed by atoms with Crippen LogP contribution in [0.5, 0.6) is 0 Å². The Balaban J connectivity index is 1.53. The van der Waals surface area contributed by atoms with Gasteiger partial charge in [0.15, 0.2) is 4.96 Å². The summed E-state index contributed by atoms with van der Waals surface area (Å²) in [4.78, 5) is 30.6. The highest BCUT2D eigenvalue weighted by atomic mass is 32.1. The maximum atomic E-state index is 13.0. The van der Waals surface area contributed by atoms with Gasteiger partial charge in [-0.05, 0) is 19.4 Å². The zero-order chi connectivity index (χ0) is 17.4. The Labute approximate surface area is 148 Å². The van der Waals surface area contributed by atoms with Crippen molar-refractivity contribution in [3.8, 4) is 0 Å². The van der Waals surface area contributed by atoms with Crippen molar-refractivity contribution < 1.29 is 4.79 Å². The lowest BCUT2D eigenvalue weighted by Crippen LogP contribution is -2.36. The molecule has 0 radical (unpaired) electrons. The van der Waals surface area contributed by atoms with Crippen LogP contribution < -0.4 is 10.6 Å². The molecule has 130 valence electrons. The van der Waals surface area contributed by atoms with Crippen LogP contribution >= 0.6 is 11.3 Å². The molecule has 1 aliphatic rings. The lowest BCUT2D eigenvalue weighted by atomic mass is 10.3. The number of nitrogens with zero attached hydrogens (tertiary/aromatic N) is 6. The molecule has 25 heavy (non-hydrogen) atoms. The predicted octanol–water partition coefficient (Wildman–Crippen LogP) is 1.43. The quantitative estimate of drug-likeness (QED) is 0.746. The second-order valence-corrected chi connectivity index (χ2v) is 6.88. The van der Waals surface area contributed by atoms with Gasteiger partial charge in [-0.3, -0.25) is 9.20 Å². The highest BCUT2D eigenvalue weighted by Gasteiger charge is 2.25. The molecule has 0 aliphatic carbocycles. The summed E-state index contributed by atoms with van der Waals surface area (Å²) in [5, 5.41) is 1.95. The summed E-state index contributed by atoms with van der Waals surface area (Å²) in [7, 11) is 0. The van der Waals surface area contributed by atoms with Crippen LogP contribution in [0.4, 0.5) is 11.8 Å². The van der Waals surface area contributed by atoms with E-state index in [9.17, 15) is 4.79 Å². The number of rotatable bonds is 2. The third kappa shape index (κ3) is 2.91.